The van der Waals surface area contributed by atoms with Gasteiger partial charge in [-0.1, -0.05) is 12.1 Å². The molecule has 27 heavy (non-hydrogen) atoms. The molecule has 0 radical (unpaired) electrons. The normalized spacial score (nSPS) is 21.0. The van der Waals surface area contributed by atoms with E-state index in [1.54, 1.807) is 0 Å². The van der Waals surface area contributed by atoms with E-state index < -0.39 is 0 Å². The summed E-state index contributed by atoms with van der Waals surface area (Å²) in [7, 11) is 0. The van der Waals surface area contributed by atoms with Gasteiger partial charge in [-0.05, 0) is 75.8 Å². The van der Waals surface area contributed by atoms with Crippen LogP contribution in [0.1, 0.15) is 58.9 Å². The molecule has 2 heterocycles. The Balaban J connectivity index is 1.37. The maximum Gasteiger partial charge on any atom is 0.251 e. The lowest BCUT2D eigenvalue weighted by Gasteiger charge is -2.23. The molecule has 0 unspecified atom stereocenters. The van der Waals surface area contributed by atoms with Crippen molar-refractivity contribution >= 4 is 5.91 Å². The van der Waals surface area contributed by atoms with E-state index in [2.05, 4.69) is 45.5 Å². The second-order valence-corrected chi connectivity index (χ2v) is 8.44. The van der Waals surface area contributed by atoms with E-state index >= 15 is 0 Å². The minimum Gasteiger partial charge on any atom is -0.351 e. The number of hydrogen-bond donors (Lipinski definition) is 2. The van der Waals surface area contributed by atoms with Crippen LogP contribution in [-0.2, 0) is 6.54 Å². The third-order valence-corrected chi connectivity index (χ3v) is 6.09. The Labute approximate surface area is 161 Å². The van der Waals surface area contributed by atoms with Gasteiger partial charge < -0.3 is 10.6 Å². The lowest BCUT2D eigenvalue weighted by atomic mass is 9.90. The minimum atomic E-state index is 0.0419. The molecule has 5 nitrogen and oxygen atoms in total. The van der Waals surface area contributed by atoms with Gasteiger partial charge in [0.05, 0.1) is 5.69 Å². The van der Waals surface area contributed by atoms with Gasteiger partial charge in [0.1, 0.15) is 0 Å². The van der Waals surface area contributed by atoms with Crippen molar-refractivity contribution in [2.45, 2.75) is 52.0 Å². The average Bonchev–Trinajstić information content (AvgIpc) is 3.38. The van der Waals surface area contributed by atoms with Crippen molar-refractivity contribution < 1.29 is 4.79 Å². The fourth-order valence-corrected chi connectivity index (χ4v) is 4.16. The molecule has 1 saturated carbocycles. The summed E-state index contributed by atoms with van der Waals surface area (Å²) in [4.78, 5) is 12.7. The highest BCUT2D eigenvalue weighted by Gasteiger charge is 2.43. The van der Waals surface area contributed by atoms with Gasteiger partial charge in [0, 0.05) is 36.3 Å². The average molecular weight is 367 g/mol. The first-order valence-electron chi connectivity index (χ1n) is 10.1. The first-order chi connectivity index (χ1) is 13.0. The van der Waals surface area contributed by atoms with Crippen LogP contribution < -0.4 is 10.6 Å². The molecule has 2 aromatic rings. The topological polar surface area (TPSA) is 59.0 Å². The summed E-state index contributed by atoms with van der Waals surface area (Å²) >= 11 is 0. The largest absolute Gasteiger partial charge is 0.351 e. The smallest absolute Gasteiger partial charge is 0.251 e. The van der Waals surface area contributed by atoms with E-state index in [1.165, 1.54) is 24.1 Å². The Morgan fingerprint density at radius 2 is 2.19 bits per heavy atom. The summed E-state index contributed by atoms with van der Waals surface area (Å²) in [5, 5.41) is 11.2. The molecule has 1 aromatic heterocycles. The van der Waals surface area contributed by atoms with Crippen LogP contribution in [0, 0.1) is 19.3 Å². The Bertz CT molecular complexity index is 815. The standard InChI is InChI=1S/C22H30N4O/c1-16-11-17(2)26(25-16)15-22(8-9-22)14-24-21(27)19-6-3-5-18(12-19)20-7-4-10-23-13-20/h3,5-6,11-12,20,23H,4,7-10,13-15H2,1-2H3,(H,24,27)/t20-/m1/s1. The second-order valence-electron chi connectivity index (χ2n) is 8.44. The van der Waals surface area contributed by atoms with Crippen molar-refractivity contribution in [3.63, 3.8) is 0 Å². The summed E-state index contributed by atoms with van der Waals surface area (Å²) in [5.41, 5.74) is 4.47. The predicted octanol–water partition coefficient (Wildman–Crippen LogP) is 3.18. The van der Waals surface area contributed by atoms with Gasteiger partial charge in [-0.3, -0.25) is 9.48 Å². The molecule has 144 valence electrons. The molecule has 0 spiro atoms. The van der Waals surface area contributed by atoms with E-state index in [0.29, 0.717) is 5.92 Å². The minimum absolute atomic E-state index is 0.0419. The first-order valence-corrected chi connectivity index (χ1v) is 10.1. The molecule has 5 heteroatoms. The molecule has 1 saturated heterocycles. The number of amides is 1. The Kier molecular flexibility index (Phi) is 5.04. The number of carbonyl (C=O) groups is 1. The predicted molar refractivity (Wildman–Crippen MR) is 107 cm³/mol. The molecule has 2 aliphatic rings. The highest BCUT2D eigenvalue weighted by atomic mass is 16.1. The van der Waals surface area contributed by atoms with Crippen LogP contribution in [0.4, 0.5) is 0 Å². The Morgan fingerprint density at radius 1 is 1.33 bits per heavy atom. The third-order valence-electron chi connectivity index (χ3n) is 6.09. The molecule has 4 rings (SSSR count). The summed E-state index contributed by atoms with van der Waals surface area (Å²) in [6, 6.07) is 10.3. The first kappa shape index (κ1) is 18.2. The number of rotatable bonds is 6. The fraction of sp³-hybridized carbons (Fsp3) is 0.545. The Morgan fingerprint density at radius 3 is 2.85 bits per heavy atom. The van der Waals surface area contributed by atoms with E-state index in [1.807, 2.05) is 19.1 Å². The monoisotopic (exact) mass is 366 g/mol. The fourth-order valence-electron chi connectivity index (χ4n) is 4.16. The molecular weight excluding hydrogens is 336 g/mol. The van der Waals surface area contributed by atoms with Crippen LogP contribution >= 0.6 is 0 Å². The molecule has 0 bridgehead atoms. The molecule has 1 aliphatic carbocycles. The van der Waals surface area contributed by atoms with Crippen LogP contribution in [-0.4, -0.2) is 35.3 Å². The van der Waals surface area contributed by atoms with Crippen molar-refractivity contribution in [1.29, 1.82) is 0 Å². The molecule has 1 amide bonds. The van der Waals surface area contributed by atoms with E-state index in [4.69, 9.17) is 0 Å². The van der Waals surface area contributed by atoms with E-state index in [-0.39, 0.29) is 11.3 Å². The van der Waals surface area contributed by atoms with Crippen LogP contribution in [0.2, 0.25) is 0 Å². The van der Waals surface area contributed by atoms with Crippen LogP contribution in [0.15, 0.2) is 30.3 Å². The lowest BCUT2D eigenvalue weighted by Crippen LogP contribution is -2.33. The molecule has 1 aromatic carbocycles. The van der Waals surface area contributed by atoms with Crippen LogP contribution in [0.3, 0.4) is 0 Å². The SMILES string of the molecule is Cc1cc(C)n(CC2(CNC(=O)c3cccc([C@@H]4CCCNC4)c3)CC2)n1. The van der Waals surface area contributed by atoms with Crippen molar-refractivity contribution in [3.05, 3.63) is 52.8 Å². The highest BCUT2D eigenvalue weighted by Crippen LogP contribution is 2.46. The number of nitrogens with zero attached hydrogens (tertiary/aromatic N) is 2. The van der Waals surface area contributed by atoms with E-state index in [0.717, 1.165) is 50.3 Å². The number of aryl methyl sites for hydroxylation is 2. The van der Waals surface area contributed by atoms with Crippen molar-refractivity contribution in [2.75, 3.05) is 19.6 Å². The molecule has 2 N–H and O–H groups in total. The summed E-state index contributed by atoms with van der Waals surface area (Å²) in [6.45, 7) is 7.85. The van der Waals surface area contributed by atoms with Crippen molar-refractivity contribution in [2.24, 2.45) is 5.41 Å². The van der Waals surface area contributed by atoms with Gasteiger partial charge in [0.15, 0.2) is 0 Å². The number of benzene rings is 1. The highest BCUT2D eigenvalue weighted by molar-refractivity contribution is 5.94. The molecule has 1 atom stereocenters. The van der Waals surface area contributed by atoms with Gasteiger partial charge in [-0.15, -0.1) is 0 Å². The van der Waals surface area contributed by atoms with Crippen molar-refractivity contribution in [1.82, 2.24) is 20.4 Å². The number of carbonyl (C=O) groups excluding carboxylic acids is 1. The van der Waals surface area contributed by atoms with Crippen LogP contribution in [0.5, 0.6) is 0 Å². The van der Waals surface area contributed by atoms with Gasteiger partial charge in [-0.25, -0.2) is 0 Å². The van der Waals surface area contributed by atoms with Gasteiger partial charge in [-0.2, -0.15) is 5.10 Å². The van der Waals surface area contributed by atoms with Crippen molar-refractivity contribution in [3.8, 4) is 0 Å². The Hall–Kier alpha value is -2.14. The molecule has 2 fully saturated rings. The third kappa shape index (κ3) is 4.24. The summed E-state index contributed by atoms with van der Waals surface area (Å²) in [6.07, 6.45) is 4.71. The van der Waals surface area contributed by atoms with Crippen LogP contribution in [0.25, 0.3) is 0 Å². The zero-order valence-electron chi connectivity index (χ0n) is 16.4. The zero-order valence-corrected chi connectivity index (χ0v) is 16.4. The van der Waals surface area contributed by atoms with Gasteiger partial charge in [0.2, 0.25) is 0 Å². The number of nitrogens with one attached hydrogen (secondary N) is 2. The number of aromatic nitrogens is 2. The van der Waals surface area contributed by atoms with Gasteiger partial charge in [0.25, 0.3) is 5.91 Å². The van der Waals surface area contributed by atoms with Gasteiger partial charge >= 0.3 is 0 Å². The molecule has 1 aliphatic heterocycles. The summed E-state index contributed by atoms with van der Waals surface area (Å²) < 4.78 is 2.09. The quantitative estimate of drug-likeness (QED) is 0.825. The number of piperidine rings is 1. The maximum atomic E-state index is 12.7. The van der Waals surface area contributed by atoms with E-state index in [9.17, 15) is 4.79 Å². The maximum absolute atomic E-state index is 12.7. The zero-order chi connectivity index (χ0) is 18.9. The molecular formula is C22H30N4O. The second kappa shape index (κ2) is 7.47. The summed E-state index contributed by atoms with van der Waals surface area (Å²) in [5.74, 6) is 0.563. The lowest BCUT2D eigenvalue weighted by molar-refractivity contribution is 0.0942. The number of hydrogen-bond acceptors (Lipinski definition) is 3.